The van der Waals surface area contributed by atoms with Gasteiger partial charge in [-0.15, -0.1) is 0 Å². The van der Waals surface area contributed by atoms with Crippen LogP contribution in [0.2, 0.25) is 0 Å². The van der Waals surface area contributed by atoms with Gasteiger partial charge in [0.25, 0.3) is 0 Å². The Bertz CT molecular complexity index is 1160. The fraction of sp³-hybridized carbons (Fsp3) is 0.407. The molecule has 0 unspecified atom stereocenters. The third kappa shape index (κ3) is 4.86. The van der Waals surface area contributed by atoms with Gasteiger partial charge in [0.15, 0.2) is 0 Å². The molecule has 2 heterocycles. The van der Waals surface area contributed by atoms with E-state index in [-0.39, 0.29) is 22.9 Å². The molecule has 1 fully saturated rings. The molecule has 4 rings (SSSR count). The summed E-state index contributed by atoms with van der Waals surface area (Å²) in [6, 6.07) is 12.9. The number of imidazole rings is 1. The molecule has 0 atom stereocenters. The number of rotatable bonds is 5. The standard InChI is InChI=1S/C27H32FN3O2/c1-26(2)14-19(15-27(3,4)33-26)23-17-31(20-12-11-18(16-29-5)22(28)13-20)25(30-23)21-9-7-8-10-24(21)32-6/h7-13,16-17,19H,14-15H2,1-6H3/b29-16-. The first-order valence-electron chi connectivity index (χ1n) is 11.3. The second-order valence-electron chi connectivity index (χ2n) is 9.88. The summed E-state index contributed by atoms with van der Waals surface area (Å²) >= 11 is 0. The van der Waals surface area contributed by atoms with Crippen LogP contribution in [0.25, 0.3) is 17.1 Å². The molecule has 1 saturated heterocycles. The highest BCUT2D eigenvalue weighted by Crippen LogP contribution is 2.44. The lowest BCUT2D eigenvalue weighted by Gasteiger charge is -2.45. The Balaban J connectivity index is 1.87. The number of aromatic nitrogens is 2. The van der Waals surface area contributed by atoms with Crippen LogP contribution in [-0.4, -0.2) is 41.1 Å². The number of para-hydroxylation sites is 1. The second kappa shape index (κ2) is 8.75. The van der Waals surface area contributed by atoms with Gasteiger partial charge in [-0.1, -0.05) is 12.1 Å². The molecule has 0 aliphatic carbocycles. The van der Waals surface area contributed by atoms with Gasteiger partial charge in [0, 0.05) is 30.9 Å². The summed E-state index contributed by atoms with van der Waals surface area (Å²) in [6.07, 6.45) is 5.27. The molecule has 1 aliphatic rings. The van der Waals surface area contributed by atoms with E-state index in [0.29, 0.717) is 11.3 Å². The molecule has 0 radical (unpaired) electrons. The van der Waals surface area contributed by atoms with Crippen LogP contribution in [0.4, 0.5) is 4.39 Å². The predicted octanol–water partition coefficient (Wildman–Crippen LogP) is 6.19. The Labute approximate surface area is 195 Å². The van der Waals surface area contributed by atoms with Gasteiger partial charge in [-0.25, -0.2) is 9.37 Å². The average Bonchev–Trinajstić information content (AvgIpc) is 3.18. The third-order valence-corrected chi connectivity index (χ3v) is 6.05. The summed E-state index contributed by atoms with van der Waals surface area (Å²) in [5.74, 6) is 1.34. The van der Waals surface area contributed by atoms with Crippen LogP contribution < -0.4 is 4.74 Å². The minimum atomic E-state index is -0.326. The Kier molecular flexibility index (Phi) is 6.14. The zero-order chi connectivity index (χ0) is 23.8. The molecule has 2 aromatic carbocycles. The van der Waals surface area contributed by atoms with Crippen molar-refractivity contribution >= 4 is 6.21 Å². The number of hydrogen-bond acceptors (Lipinski definition) is 4. The third-order valence-electron chi connectivity index (χ3n) is 6.05. The van der Waals surface area contributed by atoms with E-state index >= 15 is 0 Å². The Morgan fingerprint density at radius 2 is 1.82 bits per heavy atom. The van der Waals surface area contributed by atoms with E-state index in [1.165, 1.54) is 12.3 Å². The van der Waals surface area contributed by atoms with Crippen molar-refractivity contribution < 1.29 is 13.9 Å². The number of methoxy groups -OCH3 is 1. The van der Waals surface area contributed by atoms with Gasteiger partial charge in [-0.2, -0.15) is 0 Å². The molecule has 0 spiro atoms. The van der Waals surface area contributed by atoms with Crippen molar-refractivity contribution in [1.29, 1.82) is 0 Å². The van der Waals surface area contributed by atoms with Gasteiger partial charge in [0.05, 0.1) is 35.3 Å². The van der Waals surface area contributed by atoms with Gasteiger partial charge in [0.2, 0.25) is 0 Å². The van der Waals surface area contributed by atoms with E-state index in [4.69, 9.17) is 14.5 Å². The largest absolute Gasteiger partial charge is 0.496 e. The first kappa shape index (κ1) is 23.2. The van der Waals surface area contributed by atoms with E-state index in [1.54, 1.807) is 20.2 Å². The van der Waals surface area contributed by atoms with Crippen molar-refractivity contribution in [1.82, 2.24) is 9.55 Å². The molecule has 0 bridgehead atoms. The molecular weight excluding hydrogens is 417 g/mol. The van der Waals surface area contributed by atoms with Crippen LogP contribution in [-0.2, 0) is 4.74 Å². The number of aliphatic imine (C=N–C) groups is 1. The topological polar surface area (TPSA) is 48.6 Å². The summed E-state index contributed by atoms with van der Waals surface area (Å²) in [4.78, 5) is 9.02. The Morgan fingerprint density at radius 1 is 1.12 bits per heavy atom. The Hall–Kier alpha value is -2.99. The van der Waals surface area contributed by atoms with Crippen LogP contribution in [0, 0.1) is 5.82 Å². The molecule has 1 aliphatic heterocycles. The van der Waals surface area contributed by atoms with Crippen molar-refractivity contribution in [3.8, 4) is 22.8 Å². The molecule has 3 aromatic rings. The van der Waals surface area contributed by atoms with E-state index in [0.717, 1.165) is 35.7 Å². The number of ether oxygens (including phenoxy) is 2. The van der Waals surface area contributed by atoms with Gasteiger partial charge in [-0.3, -0.25) is 9.56 Å². The minimum Gasteiger partial charge on any atom is -0.496 e. The van der Waals surface area contributed by atoms with Crippen molar-refractivity contribution in [3.63, 3.8) is 0 Å². The summed E-state index contributed by atoms with van der Waals surface area (Å²) in [6.45, 7) is 8.51. The summed E-state index contributed by atoms with van der Waals surface area (Å²) in [7, 11) is 3.28. The molecule has 1 aromatic heterocycles. The van der Waals surface area contributed by atoms with E-state index < -0.39 is 0 Å². The van der Waals surface area contributed by atoms with Crippen LogP contribution in [0.1, 0.15) is 57.7 Å². The quantitative estimate of drug-likeness (QED) is 0.437. The lowest BCUT2D eigenvalue weighted by molar-refractivity contribution is -0.162. The van der Waals surface area contributed by atoms with E-state index in [2.05, 4.69) is 32.7 Å². The van der Waals surface area contributed by atoms with Crippen LogP contribution in [0.3, 0.4) is 0 Å². The number of halogens is 1. The molecule has 0 saturated carbocycles. The summed E-state index contributed by atoms with van der Waals surface area (Å²) < 4.78 is 28.7. The average molecular weight is 450 g/mol. The molecule has 0 amide bonds. The lowest BCUT2D eigenvalue weighted by Crippen LogP contribution is -2.44. The first-order valence-corrected chi connectivity index (χ1v) is 11.3. The number of benzene rings is 2. The summed E-state index contributed by atoms with van der Waals surface area (Å²) in [5.41, 5.74) is 2.47. The van der Waals surface area contributed by atoms with E-state index in [9.17, 15) is 4.39 Å². The first-order chi connectivity index (χ1) is 15.6. The minimum absolute atomic E-state index is 0.217. The molecule has 33 heavy (non-hydrogen) atoms. The molecule has 6 heteroatoms. The smallest absolute Gasteiger partial charge is 0.148 e. The maximum Gasteiger partial charge on any atom is 0.148 e. The van der Waals surface area contributed by atoms with Gasteiger partial charge < -0.3 is 9.47 Å². The van der Waals surface area contributed by atoms with Crippen molar-refractivity contribution in [2.45, 2.75) is 57.7 Å². The second-order valence-corrected chi connectivity index (χ2v) is 9.88. The number of nitrogens with zero attached hydrogens (tertiary/aromatic N) is 3. The van der Waals surface area contributed by atoms with Crippen LogP contribution >= 0.6 is 0 Å². The van der Waals surface area contributed by atoms with Gasteiger partial charge >= 0.3 is 0 Å². The van der Waals surface area contributed by atoms with Crippen molar-refractivity contribution in [2.24, 2.45) is 4.99 Å². The van der Waals surface area contributed by atoms with Gasteiger partial charge in [-0.05, 0) is 70.9 Å². The zero-order valence-electron chi connectivity index (χ0n) is 20.2. The highest BCUT2D eigenvalue weighted by molar-refractivity contribution is 5.80. The predicted molar refractivity (Wildman–Crippen MR) is 130 cm³/mol. The van der Waals surface area contributed by atoms with Crippen molar-refractivity contribution in [3.05, 3.63) is 65.7 Å². The summed E-state index contributed by atoms with van der Waals surface area (Å²) in [5, 5.41) is 0. The normalized spacial score (nSPS) is 18.0. The molecule has 174 valence electrons. The van der Waals surface area contributed by atoms with Gasteiger partial charge in [0.1, 0.15) is 17.4 Å². The lowest BCUT2D eigenvalue weighted by atomic mass is 9.79. The maximum atomic E-state index is 14.8. The monoisotopic (exact) mass is 449 g/mol. The fourth-order valence-corrected chi connectivity index (χ4v) is 5.02. The maximum absolute atomic E-state index is 14.8. The van der Waals surface area contributed by atoms with Crippen LogP contribution in [0.15, 0.2) is 53.7 Å². The highest BCUT2D eigenvalue weighted by atomic mass is 19.1. The highest BCUT2D eigenvalue weighted by Gasteiger charge is 2.41. The molecule has 5 nitrogen and oxygen atoms in total. The molecule has 0 N–H and O–H groups in total. The zero-order valence-corrected chi connectivity index (χ0v) is 20.2. The Morgan fingerprint density at radius 3 is 2.45 bits per heavy atom. The van der Waals surface area contributed by atoms with Crippen LogP contribution in [0.5, 0.6) is 5.75 Å². The molecular formula is C27H32FN3O2. The van der Waals surface area contributed by atoms with Crippen molar-refractivity contribution in [2.75, 3.05) is 14.2 Å². The SMILES string of the molecule is C/N=C\c1ccc(-n2cc(C3CC(C)(C)OC(C)(C)C3)nc2-c2ccccc2OC)cc1F. The fourth-order valence-electron chi connectivity index (χ4n) is 5.02. The van der Waals surface area contributed by atoms with E-state index in [1.807, 2.05) is 41.1 Å². The number of hydrogen-bond donors (Lipinski definition) is 0.